The maximum Gasteiger partial charge on any atom is 0.341 e. The lowest BCUT2D eigenvalue weighted by atomic mass is 9.95. The van der Waals surface area contributed by atoms with E-state index in [0.29, 0.717) is 10.6 Å². The number of thiophene rings is 1. The number of aryl methyl sites for hydroxylation is 1. The number of H-pyrrole nitrogens is 1. The fourth-order valence-electron chi connectivity index (χ4n) is 3.59. The van der Waals surface area contributed by atoms with Crippen LogP contribution < -0.4 is 5.56 Å². The predicted molar refractivity (Wildman–Crippen MR) is 118 cm³/mol. The number of hydrogen-bond donors (Lipinski definition) is 2. The zero-order valence-electron chi connectivity index (χ0n) is 16.5. The molecule has 3 aromatic rings. The number of esters is 1. The second-order valence-electron chi connectivity index (χ2n) is 6.92. The molecule has 0 fully saturated rings. The number of rotatable bonds is 4. The van der Waals surface area contributed by atoms with Gasteiger partial charge in [0.05, 0.1) is 18.4 Å². The van der Waals surface area contributed by atoms with E-state index in [1.54, 1.807) is 6.07 Å². The van der Waals surface area contributed by atoms with Crippen LogP contribution in [-0.2, 0) is 17.6 Å². The number of hydrogen-bond acceptors (Lipinski definition) is 7. The van der Waals surface area contributed by atoms with Crippen molar-refractivity contribution >= 4 is 40.7 Å². The monoisotopic (exact) mass is 459 g/mol. The summed E-state index contributed by atoms with van der Waals surface area (Å²) >= 11 is 6.48. The number of halogens is 1. The van der Waals surface area contributed by atoms with Crippen LogP contribution in [-0.4, -0.2) is 34.0 Å². The standard InChI is InChI=1S/C21H18FN3O4S2/c1-29-20(28)16-11-6-2-5-9-15(11)31-18(16)23-10-12-17(26)24-21(30)25(19(12)27)14-8-4-3-7-13(14)22/h3-4,7-8,10,27H,2,5-6,9H2,1H3,(H,24,26,30)/b23-10+. The first-order valence-electron chi connectivity index (χ1n) is 9.52. The first-order valence-corrected chi connectivity index (χ1v) is 10.7. The highest BCUT2D eigenvalue weighted by atomic mass is 32.1. The van der Waals surface area contributed by atoms with Gasteiger partial charge in [-0.15, -0.1) is 11.3 Å². The number of carbonyl (C=O) groups excluding carboxylic acids is 1. The zero-order valence-corrected chi connectivity index (χ0v) is 18.1. The topological polar surface area (TPSA) is 96.7 Å². The number of aliphatic imine (C=N–C) groups is 1. The largest absolute Gasteiger partial charge is 0.494 e. The molecule has 0 radical (unpaired) electrons. The molecule has 160 valence electrons. The first-order chi connectivity index (χ1) is 14.9. The van der Waals surface area contributed by atoms with E-state index >= 15 is 0 Å². The van der Waals surface area contributed by atoms with Crippen molar-refractivity contribution in [1.82, 2.24) is 9.55 Å². The number of benzene rings is 1. The third-order valence-electron chi connectivity index (χ3n) is 5.07. The molecular weight excluding hydrogens is 441 g/mol. The molecule has 0 spiro atoms. The average molecular weight is 460 g/mol. The summed E-state index contributed by atoms with van der Waals surface area (Å²) in [4.78, 5) is 32.6. The van der Waals surface area contributed by atoms with Crippen molar-refractivity contribution in [2.24, 2.45) is 4.99 Å². The molecule has 0 unspecified atom stereocenters. The van der Waals surface area contributed by atoms with Gasteiger partial charge in [0.25, 0.3) is 5.56 Å². The smallest absolute Gasteiger partial charge is 0.341 e. The third kappa shape index (κ3) is 3.84. The van der Waals surface area contributed by atoms with Crippen LogP contribution in [0.4, 0.5) is 9.39 Å². The number of aromatic nitrogens is 2. The Morgan fingerprint density at radius 3 is 2.84 bits per heavy atom. The van der Waals surface area contributed by atoms with Crippen molar-refractivity contribution in [3.63, 3.8) is 0 Å². The molecule has 2 heterocycles. The van der Waals surface area contributed by atoms with E-state index in [4.69, 9.17) is 17.0 Å². The molecule has 0 saturated heterocycles. The Labute approximate surface area is 185 Å². The van der Waals surface area contributed by atoms with Crippen LogP contribution in [0, 0.1) is 10.6 Å². The van der Waals surface area contributed by atoms with E-state index in [1.807, 2.05) is 0 Å². The van der Waals surface area contributed by atoms with Crippen LogP contribution in [0.25, 0.3) is 5.69 Å². The maximum atomic E-state index is 14.3. The summed E-state index contributed by atoms with van der Waals surface area (Å²) in [5.41, 5.74) is 0.406. The van der Waals surface area contributed by atoms with Crippen molar-refractivity contribution in [2.45, 2.75) is 25.7 Å². The van der Waals surface area contributed by atoms with Crippen LogP contribution >= 0.6 is 23.6 Å². The Kier molecular flexibility index (Phi) is 5.84. The number of nitrogens with zero attached hydrogens (tertiary/aromatic N) is 2. The Bertz CT molecular complexity index is 1320. The molecule has 7 nitrogen and oxygen atoms in total. The number of fused-ring (bicyclic) bond motifs is 1. The molecule has 4 rings (SSSR count). The van der Waals surface area contributed by atoms with Crippen LogP contribution in [0.1, 0.15) is 39.2 Å². The fraction of sp³-hybridized carbons (Fsp3) is 0.238. The second kappa shape index (κ2) is 8.56. The number of ether oxygens (including phenoxy) is 1. The van der Waals surface area contributed by atoms with Crippen LogP contribution in [0.2, 0.25) is 0 Å². The van der Waals surface area contributed by atoms with Crippen LogP contribution in [0.5, 0.6) is 5.88 Å². The van der Waals surface area contributed by atoms with E-state index in [-0.39, 0.29) is 16.0 Å². The SMILES string of the molecule is COC(=O)c1c(/N=C/c2c(O)n(-c3ccccc3F)c(=S)[nH]c2=O)sc2c1CCCC2. The van der Waals surface area contributed by atoms with Crippen molar-refractivity contribution in [3.8, 4) is 11.6 Å². The lowest BCUT2D eigenvalue weighted by Gasteiger charge is -2.12. The van der Waals surface area contributed by atoms with Crippen LogP contribution in [0.15, 0.2) is 34.1 Å². The Morgan fingerprint density at radius 1 is 1.35 bits per heavy atom. The summed E-state index contributed by atoms with van der Waals surface area (Å²) in [6.07, 6.45) is 4.77. The van der Waals surface area contributed by atoms with Gasteiger partial charge in [-0.2, -0.15) is 0 Å². The van der Waals surface area contributed by atoms with Gasteiger partial charge in [-0.1, -0.05) is 12.1 Å². The Morgan fingerprint density at radius 2 is 2.10 bits per heavy atom. The molecule has 1 aliphatic carbocycles. The number of nitrogens with one attached hydrogen (secondary N) is 1. The summed E-state index contributed by atoms with van der Waals surface area (Å²) in [6, 6.07) is 5.72. The molecule has 2 N–H and O–H groups in total. The Hall–Kier alpha value is -3.11. The molecule has 1 aliphatic rings. The summed E-state index contributed by atoms with van der Waals surface area (Å²) < 4.78 is 20.1. The molecular formula is C21H18FN3O4S2. The predicted octanol–water partition coefficient (Wildman–Crippen LogP) is 4.22. The molecule has 0 aliphatic heterocycles. The van der Waals surface area contributed by atoms with Crippen molar-refractivity contribution in [2.75, 3.05) is 7.11 Å². The van der Waals surface area contributed by atoms with Gasteiger partial charge in [-0.3, -0.25) is 14.3 Å². The van der Waals surface area contributed by atoms with E-state index in [1.165, 1.54) is 36.6 Å². The van der Waals surface area contributed by atoms with Gasteiger partial charge in [0.2, 0.25) is 5.88 Å². The Balaban J connectivity index is 1.85. The molecule has 2 aromatic heterocycles. The molecule has 0 amide bonds. The number of aromatic hydroxyl groups is 1. The van der Waals surface area contributed by atoms with Gasteiger partial charge in [0.15, 0.2) is 4.77 Å². The normalized spacial score (nSPS) is 13.4. The minimum absolute atomic E-state index is 0.0160. The summed E-state index contributed by atoms with van der Waals surface area (Å²) in [5.74, 6) is -1.67. The minimum atomic E-state index is -0.681. The number of carbonyl (C=O) groups is 1. The highest BCUT2D eigenvalue weighted by molar-refractivity contribution is 7.71. The van der Waals surface area contributed by atoms with E-state index in [2.05, 4.69) is 9.98 Å². The summed E-state index contributed by atoms with van der Waals surface area (Å²) in [6.45, 7) is 0. The molecule has 0 bridgehead atoms. The average Bonchev–Trinajstić information content (AvgIpc) is 3.12. The van der Waals surface area contributed by atoms with Crippen molar-refractivity contribution < 1.29 is 19.0 Å². The molecule has 0 saturated carbocycles. The lowest BCUT2D eigenvalue weighted by Crippen LogP contribution is -2.18. The summed E-state index contributed by atoms with van der Waals surface area (Å²) in [5, 5.41) is 11.1. The zero-order chi connectivity index (χ0) is 22.1. The highest BCUT2D eigenvalue weighted by Gasteiger charge is 2.26. The van der Waals surface area contributed by atoms with Gasteiger partial charge in [-0.25, -0.2) is 14.2 Å². The third-order valence-corrected chi connectivity index (χ3v) is 6.55. The second-order valence-corrected chi connectivity index (χ2v) is 8.39. The quantitative estimate of drug-likeness (QED) is 0.346. The maximum absolute atomic E-state index is 14.3. The summed E-state index contributed by atoms with van der Waals surface area (Å²) in [7, 11) is 1.30. The van der Waals surface area contributed by atoms with Gasteiger partial charge < -0.3 is 9.84 Å². The van der Waals surface area contributed by atoms with Gasteiger partial charge in [0, 0.05) is 11.1 Å². The van der Waals surface area contributed by atoms with Crippen molar-refractivity contribution in [1.29, 1.82) is 0 Å². The van der Waals surface area contributed by atoms with Gasteiger partial charge >= 0.3 is 5.97 Å². The molecule has 0 atom stereocenters. The van der Waals surface area contributed by atoms with Crippen LogP contribution in [0.3, 0.4) is 0 Å². The first kappa shape index (κ1) is 21.1. The molecule has 31 heavy (non-hydrogen) atoms. The van der Waals surface area contributed by atoms with Gasteiger partial charge in [0.1, 0.15) is 16.4 Å². The number of aromatic amines is 1. The highest BCUT2D eigenvalue weighted by Crippen LogP contribution is 2.40. The minimum Gasteiger partial charge on any atom is -0.494 e. The fourth-order valence-corrected chi connectivity index (χ4v) is 5.09. The van der Waals surface area contributed by atoms with E-state index < -0.39 is 23.2 Å². The lowest BCUT2D eigenvalue weighted by molar-refractivity contribution is 0.0601. The van der Waals surface area contributed by atoms with Gasteiger partial charge in [-0.05, 0) is 55.6 Å². The molecule has 10 heteroatoms. The number of para-hydroxylation sites is 1. The molecule has 1 aromatic carbocycles. The van der Waals surface area contributed by atoms with E-state index in [9.17, 15) is 19.1 Å². The van der Waals surface area contributed by atoms with Crippen molar-refractivity contribution in [3.05, 3.63) is 66.8 Å². The van der Waals surface area contributed by atoms with E-state index in [0.717, 1.165) is 46.9 Å². The number of methoxy groups -OCH3 is 1.